The molecule has 1 aliphatic heterocycles. The second kappa shape index (κ2) is 6.57. The van der Waals surface area contributed by atoms with E-state index in [1.54, 1.807) is 7.05 Å². The SMILES string of the molecule is C=C(CCC1=C2OCC=C2CC=C1)CC(=O)N(C)OC. The van der Waals surface area contributed by atoms with Crippen LogP contribution in [0.25, 0.3) is 0 Å². The number of carbonyl (C=O) groups is 1. The molecule has 0 saturated heterocycles. The zero-order valence-electron chi connectivity index (χ0n) is 12.1. The van der Waals surface area contributed by atoms with Crippen molar-refractivity contribution in [3.05, 3.63) is 47.3 Å². The normalized spacial score (nSPS) is 16.6. The summed E-state index contributed by atoms with van der Waals surface area (Å²) in [6.45, 7) is 4.65. The minimum Gasteiger partial charge on any atom is -0.489 e. The topological polar surface area (TPSA) is 38.8 Å². The van der Waals surface area contributed by atoms with Crippen LogP contribution in [0.1, 0.15) is 25.7 Å². The van der Waals surface area contributed by atoms with Gasteiger partial charge >= 0.3 is 0 Å². The first-order chi connectivity index (χ1) is 9.61. The summed E-state index contributed by atoms with van der Waals surface area (Å²) < 4.78 is 5.65. The van der Waals surface area contributed by atoms with Crippen molar-refractivity contribution in [3.8, 4) is 0 Å². The van der Waals surface area contributed by atoms with Crippen LogP contribution in [0.3, 0.4) is 0 Å². The number of rotatable bonds is 6. The van der Waals surface area contributed by atoms with Crippen molar-refractivity contribution in [1.82, 2.24) is 5.06 Å². The molecular weight excluding hydrogens is 254 g/mol. The second-order valence-corrected chi connectivity index (χ2v) is 5.00. The van der Waals surface area contributed by atoms with Gasteiger partial charge in [-0.3, -0.25) is 9.63 Å². The highest BCUT2D eigenvalue weighted by molar-refractivity contribution is 5.77. The van der Waals surface area contributed by atoms with E-state index in [0.29, 0.717) is 13.0 Å². The summed E-state index contributed by atoms with van der Waals surface area (Å²) >= 11 is 0. The molecule has 0 spiro atoms. The van der Waals surface area contributed by atoms with Gasteiger partial charge in [0.2, 0.25) is 5.91 Å². The standard InChI is InChI=1S/C16H21NO3/c1-12(11-15(18)17(2)19-3)7-8-13-5-4-6-14-9-10-20-16(13)14/h4-5,9H,1,6-8,10-11H2,2-3H3. The molecule has 4 heteroatoms. The molecule has 0 radical (unpaired) electrons. The molecular formula is C16H21NO3. The zero-order chi connectivity index (χ0) is 14.5. The number of hydroxylamine groups is 2. The third-order valence-electron chi connectivity index (χ3n) is 3.57. The fourth-order valence-electron chi connectivity index (χ4n) is 2.31. The third-order valence-corrected chi connectivity index (χ3v) is 3.57. The van der Waals surface area contributed by atoms with E-state index in [4.69, 9.17) is 9.57 Å². The summed E-state index contributed by atoms with van der Waals surface area (Å²) in [5, 5.41) is 1.23. The molecule has 0 aromatic rings. The van der Waals surface area contributed by atoms with Crippen molar-refractivity contribution in [2.45, 2.75) is 25.7 Å². The molecule has 0 N–H and O–H groups in total. The number of amides is 1. The van der Waals surface area contributed by atoms with Crippen LogP contribution in [-0.4, -0.2) is 31.7 Å². The maximum absolute atomic E-state index is 11.7. The van der Waals surface area contributed by atoms with Gasteiger partial charge in [-0.1, -0.05) is 24.3 Å². The van der Waals surface area contributed by atoms with Gasteiger partial charge in [0, 0.05) is 13.5 Å². The van der Waals surface area contributed by atoms with Gasteiger partial charge in [-0.05, 0) is 36.5 Å². The Labute approximate surface area is 120 Å². The lowest BCUT2D eigenvalue weighted by Crippen LogP contribution is -2.25. The molecule has 1 amide bonds. The van der Waals surface area contributed by atoms with Crippen LogP contribution < -0.4 is 0 Å². The van der Waals surface area contributed by atoms with E-state index in [-0.39, 0.29) is 5.91 Å². The molecule has 108 valence electrons. The molecule has 4 nitrogen and oxygen atoms in total. The average Bonchev–Trinajstić information content (AvgIpc) is 2.92. The molecule has 20 heavy (non-hydrogen) atoms. The molecule has 0 aromatic heterocycles. The quantitative estimate of drug-likeness (QED) is 0.552. The summed E-state index contributed by atoms with van der Waals surface area (Å²) in [5.41, 5.74) is 3.39. The molecule has 0 bridgehead atoms. The molecule has 2 rings (SSSR count). The lowest BCUT2D eigenvalue weighted by atomic mass is 9.95. The van der Waals surface area contributed by atoms with Crippen molar-refractivity contribution in [2.24, 2.45) is 0 Å². The molecule has 2 aliphatic rings. The first kappa shape index (κ1) is 14.6. The van der Waals surface area contributed by atoms with Crippen LogP contribution in [0.4, 0.5) is 0 Å². The van der Waals surface area contributed by atoms with Crippen LogP contribution in [0, 0.1) is 0 Å². The lowest BCUT2D eigenvalue weighted by Gasteiger charge is -2.16. The number of hydrogen-bond acceptors (Lipinski definition) is 3. The van der Waals surface area contributed by atoms with Gasteiger partial charge in [-0.2, -0.15) is 0 Å². The Balaban J connectivity index is 1.86. The van der Waals surface area contributed by atoms with Crippen molar-refractivity contribution in [2.75, 3.05) is 20.8 Å². The highest BCUT2D eigenvalue weighted by Crippen LogP contribution is 2.32. The van der Waals surface area contributed by atoms with Gasteiger partial charge in [0.15, 0.2) is 0 Å². The van der Waals surface area contributed by atoms with E-state index >= 15 is 0 Å². The summed E-state index contributed by atoms with van der Waals surface area (Å²) in [7, 11) is 3.08. The summed E-state index contributed by atoms with van der Waals surface area (Å²) in [6, 6.07) is 0. The predicted octanol–water partition coefficient (Wildman–Crippen LogP) is 2.90. The Kier molecular flexibility index (Phi) is 4.79. The molecule has 1 heterocycles. The number of fused-ring (bicyclic) bond motifs is 1. The van der Waals surface area contributed by atoms with Crippen LogP contribution in [0.2, 0.25) is 0 Å². The number of nitrogens with zero attached hydrogens (tertiary/aromatic N) is 1. The maximum atomic E-state index is 11.7. The van der Waals surface area contributed by atoms with Gasteiger partial charge in [0.1, 0.15) is 12.4 Å². The summed E-state index contributed by atoms with van der Waals surface area (Å²) in [6.07, 6.45) is 9.32. The van der Waals surface area contributed by atoms with Crippen molar-refractivity contribution in [1.29, 1.82) is 0 Å². The Bertz CT molecular complexity index is 500. The Morgan fingerprint density at radius 1 is 1.55 bits per heavy atom. The van der Waals surface area contributed by atoms with Crippen LogP contribution in [0.15, 0.2) is 47.3 Å². The fourth-order valence-corrected chi connectivity index (χ4v) is 2.31. The van der Waals surface area contributed by atoms with Gasteiger partial charge < -0.3 is 4.74 Å². The van der Waals surface area contributed by atoms with Gasteiger partial charge in [0.05, 0.1) is 7.11 Å². The molecule has 0 fully saturated rings. The first-order valence-corrected chi connectivity index (χ1v) is 6.81. The number of ether oxygens (including phenoxy) is 1. The van der Waals surface area contributed by atoms with E-state index in [0.717, 1.165) is 30.6 Å². The minimum atomic E-state index is -0.0768. The van der Waals surface area contributed by atoms with E-state index in [1.165, 1.54) is 23.3 Å². The summed E-state index contributed by atoms with van der Waals surface area (Å²) in [4.78, 5) is 16.6. The molecule has 0 saturated carbocycles. The van der Waals surface area contributed by atoms with E-state index in [1.807, 2.05) is 0 Å². The highest BCUT2D eigenvalue weighted by Gasteiger charge is 2.19. The van der Waals surface area contributed by atoms with Crippen LogP contribution >= 0.6 is 0 Å². The van der Waals surface area contributed by atoms with Crippen LogP contribution in [-0.2, 0) is 14.4 Å². The fraction of sp³-hybridized carbons (Fsp3) is 0.438. The van der Waals surface area contributed by atoms with Gasteiger partial charge in [0.25, 0.3) is 0 Å². The summed E-state index contributed by atoms with van der Waals surface area (Å²) in [5.74, 6) is 0.952. The monoisotopic (exact) mass is 275 g/mol. The molecule has 0 atom stereocenters. The highest BCUT2D eigenvalue weighted by atomic mass is 16.7. The van der Waals surface area contributed by atoms with Crippen LogP contribution in [0.5, 0.6) is 0 Å². The van der Waals surface area contributed by atoms with E-state index < -0.39 is 0 Å². The van der Waals surface area contributed by atoms with E-state index in [2.05, 4.69) is 24.8 Å². The first-order valence-electron chi connectivity index (χ1n) is 6.81. The zero-order valence-corrected chi connectivity index (χ0v) is 12.1. The van der Waals surface area contributed by atoms with Crippen molar-refractivity contribution in [3.63, 3.8) is 0 Å². The van der Waals surface area contributed by atoms with E-state index in [9.17, 15) is 4.79 Å². The predicted molar refractivity (Wildman–Crippen MR) is 77.6 cm³/mol. The van der Waals surface area contributed by atoms with Crippen molar-refractivity contribution < 1.29 is 14.4 Å². The lowest BCUT2D eigenvalue weighted by molar-refractivity contribution is -0.167. The Hall–Kier alpha value is -1.81. The van der Waals surface area contributed by atoms with Gasteiger partial charge in [-0.15, -0.1) is 0 Å². The molecule has 1 aliphatic carbocycles. The van der Waals surface area contributed by atoms with Gasteiger partial charge in [-0.25, -0.2) is 5.06 Å². The molecule has 0 unspecified atom stereocenters. The maximum Gasteiger partial charge on any atom is 0.249 e. The Morgan fingerprint density at radius 2 is 2.35 bits per heavy atom. The second-order valence-electron chi connectivity index (χ2n) is 5.00. The Morgan fingerprint density at radius 3 is 3.10 bits per heavy atom. The largest absolute Gasteiger partial charge is 0.489 e. The number of carbonyl (C=O) groups excluding carboxylic acids is 1. The minimum absolute atomic E-state index is 0.0768. The number of allylic oxidation sites excluding steroid dienone is 4. The van der Waals surface area contributed by atoms with Crippen molar-refractivity contribution >= 4 is 5.91 Å². The number of hydrogen-bond donors (Lipinski definition) is 0. The molecule has 0 aromatic carbocycles. The average molecular weight is 275 g/mol. The smallest absolute Gasteiger partial charge is 0.249 e. The third kappa shape index (κ3) is 3.39.